The average Bonchev–Trinajstić information content (AvgIpc) is 3.02. The van der Waals surface area contributed by atoms with Crippen molar-refractivity contribution in [1.29, 1.82) is 0 Å². The largest absolute Gasteiger partial charge is 0.465 e. The number of esters is 1. The monoisotopic (exact) mass is 341 g/mol. The second-order valence-corrected chi connectivity index (χ2v) is 7.42. The molecule has 1 aromatic rings. The number of aliphatic hydroxyl groups is 2. The van der Waals surface area contributed by atoms with Crippen molar-refractivity contribution in [1.82, 2.24) is 4.90 Å². The standard InChI is InChI=1S/C16H23NO5S/c1-21-15(20)13-3-2-11(23-13)10-17-7-5-16(6-8-17)14(19)12(18)4-9-22-16/h2-3,12,14,18-19H,4-10H2,1H3/t12-,14-/m0/s1. The number of methoxy groups -OCH3 is 1. The van der Waals surface area contributed by atoms with E-state index in [2.05, 4.69) is 4.90 Å². The van der Waals surface area contributed by atoms with Crippen LogP contribution in [0, 0.1) is 0 Å². The molecule has 6 nitrogen and oxygen atoms in total. The predicted octanol–water partition coefficient (Wildman–Crippen LogP) is 1.01. The Hall–Kier alpha value is -0.990. The lowest BCUT2D eigenvalue weighted by Gasteiger charge is -2.48. The second-order valence-electron chi connectivity index (χ2n) is 6.25. The number of likely N-dealkylation sites (tertiary alicyclic amines) is 1. The van der Waals surface area contributed by atoms with Gasteiger partial charge in [0.2, 0.25) is 0 Å². The van der Waals surface area contributed by atoms with E-state index in [-0.39, 0.29) is 5.97 Å². The third-order valence-corrected chi connectivity index (χ3v) is 5.89. The van der Waals surface area contributed by atoms with E-state index in [1.54, 1.807) is 6.07 Å². The molecular formula is C16H23NO5S. The van der Waals surface area contributed by atoms with Gasteiger partial charge in [-0.2, -0.15) is 0 Å². The van der Waals surface area contributed by atoms with Gasteiger partial charge in [0.05, 0.1) is 25.4 Å². The Labute approximate surface area is 139 Å². The molecule has 0 bridgehead atoms. The summed E-state index contributed by atoms with van der Waals surface area (Å²) in [6, 6.07) is 3.75. The molecule has 23 heavy (non-hydrogen) atoms. The Morgan fingerprint density at radius 1 is 1.43 bits per heavy atom. The van der Waals surface area contributed by atoms with Crippen molar-refractivity contribution in [3.8, 4) is 0 Å². The van der Waals surface area contributed by atoms with Crippen molar-refractivity contribution in [3.63, 3.8) is 0 Å². The van der Waals surface area contributed by atoms with Gasteiger partial charge in [0.25, 0.3) is 0 Å². The van der Waals surface area contributed by atoms with Gasteiger partial charge in [0.15, 0.2) is 0 Å². The van der Waals surface area contributed by atoms with E-state index in [1.165, 1.54) is 18.4 Å². The maximum atomic E-state index is 11.5. The molecule has 128 valence electrons. The van der Waals surface area contributed by atoms with Crippen LogP contribution in [0.4, 0.5) is 0 Å². The predicted molar refractivity (Wildman–Crippen MR) is 85.5 cm³/mol. The lowest BCUT2D eigenvalue weighted by molar-refractivity contribution is -0.214. The van der Waals surface area contributed by atoms with E-state index in [9.17, 15) is 15.0 Å². The minimum Gasteiger partial charge on any atom is -0.465 e. The fourth-order valence-electron chi connectivity index (χ4n) is 3.40. The maximum absolute atomic E-state index is 11.5. The van der Waals surface area contributed by atoms with Crippen LogP contribution >= 0.6 is 11.3 Å². The number of piperidine rings is 1. The molecule has 0 amide bonds. The minimum atomic E-state index is -0.800. The second kappa shape index (κ2) is 6.86. The summed E-state index contributed by atoms with van der Waals surface area (Å²) in [6.45, 7) is 2.88. The van der Waals surface area contributed by atoms with Gasteiger partial charge in [-0.05, 0) is 31.4 Å². The van der Waals surface area contributed by atoms with Gasteiger partial charge in [-0.1, -0.05) is 0 Å². The Kier molecular flexibility index (Phi) is 5.03. The molecule has 2 atom stereocenters. The van der Waals surface area contributed by atoms with E-state index < -0.39 is 17.8 Å². The van der Waals surface area contributed by atoms with E-state index in [0.29, 0.717) is 30.7 Å². The van der Waals surface area contributed by atoms with Gasteiger partial charge < -0.3 is 19.7 Å². The Balaban J connectivity index is 1.57. The normalized spacial score (nSPS) is 28.0. The van der Waals surface area contributed by atoms with Crippen molar-refractivity contribution in [2.24, 2.45) is 0 Å². The zero-order valence-corrected chi connectivity index (χ0v) is 14.1. The number of aliphatic hydroxyl groups excluding tert-OH is 2. The molecule has 0 aromatic carbocycles. The number of ether oxygens (including phenoxy) is 2. The Morgan fingerprint density at radius 2 is 2.17 bits per heavy atom. The molecule has 0 aliphatic carbocycles. The van der Waals surface area contributed by atoms with Crippen molar-refractivity contribution >= 4 is 17.3 Å². The van der Waals surface area contributed by atoms with Gasteiger partial charge in [0, 0.05) is 24.5 Å². The Morgan fingerprint density at radius 3 is 2.87 bits per heavy atom. The third kappa shape index (κ3) is 3.44. The van der Waals surface area contributed by atoms with Crippen LogP contribution in [0.3, 0.4) is 0 Å². The third-order valence-electron chi connectivity index (χ3n) is 4.84. The summed E-state index contributed by atoms with van der Waals surface area (Å²) in [5, 5.41) is 20.2. The number of hydrogen-bond acceptors (Lipinski definition) is 7. The molecular weight excluding hydrogens is 318 g/mol. The summed E-state index contributed by atoms with van der Waals surface area (Å²) in [4.78, 5) is 15.5. The molecule has 1 spiro atoms. The molecule has 3 rings (SSSR count). The molecule has 2 aliphatic heterocycles. The average molecular weight is 341 g/mol. The van der Waals surface area contributed by atoms with Crippen LogP contribution in [0.2, 0.25) is 0 Å². The first-order valence-corrected chi connectivity index (χ1v) is 8.75. The van der Waals surface area contributed by atoms with E-state index in [0.717, 1.165) is 24.5 Å². The molecule has 0 unspecified atom stereocenters. The summed E-state index contributed by atoms with van der Waals surface area (Å²) in [7, 11) is 1.38. The van der Waals surface area contributed by atoms with Crippen molar-refractivity contribution in [2.75, 3.05) is 26.8 Å². The SMILES string of the molecule is COC(=O)c1ccc(CN2CCC3(CC2)OCC[C@H](O)[C@@H]3O)s1. The van der Waals surface area contributed by atoms with Crippen molar-refractivity contribution in [2.45, 2.75) is 43.6 Å². The summed E-state index contributed by atoms with van der Waals surface area (Å²) in [5.41, 5.74) is -0.596. The number of carbonyl (C=O) groups excluding carboxylic acids is 1. The fraction of sp³-hybridized carbons (Fsp3) is 0.688. The highest BCUT2D eigenvalue weighted by Crippen LogP contribution is 2.36. The van der Waals surface area contributed by atoms with Crippen LogP contribution in [0.1, 0.15) is 33.8 Å². The van der Waals surface area contributed by atoms with Crippen LogP contribution < -0.4 is 0 Å². The van der Waals surface area contributed by atoms with Crippen molar-refractivity contribution in [3.05, 3.63) is 21.9 Å². The van der Waals surface area contributed by atoms with Gasteiger partial charge in [0.1, 0.15) is 11.0 Å². The quantitative estimate of drug-likeness (QED) is 0.799. The molecule has 2 fully saturated rings. The van der Waals surface area contributed by atoms with Crippen LogP contribution in [0.25, 0.3) is 0 Å². The highest BCUT2D eigenvalue weighted by atomic mass is 32.1. The number of carbonyl (C=O) groups is 1. The zero-order chi connectivity index (χ0) is 16.4. The lowest BCUT2D eigenvalue weighted by Crippen LogP contribution is -2.59. The van der Waals surface area contributed by atoms with Gasteiger partial charge >= 0.3 is 5.97 Å². The summed E-state index contributed by atoms with van der Waals surface area (Å²) < 4.78 is 10.6. The summed E-state index contributed by atoms with van der Waals surface area (Å²) in [6.07, 6.45) is 0.431. The fourth-order valence-corrected chi connectivity index (χ4v) is 4.37. The minimum absolute atomic E-state index is 0.299. The number of nitrogens with zero attached hydrogens (tertiary/aromatic N) is 1. The first-order chi connectivity index (χ1) is 11.0. The molecule has 1 aromatic heterocycles. The van der Waals surface area contributed by atoms with Gasteiger partial charge in [-0.3, -0.25) is 4.90 Å². The molecule has 0 saturated carbocycles. The topological polar surface area (TPSA) is 79.2 Å². The van der Waals surface area contributed by atoms with E-state index in [4.69, 9.17) is 9.47 Å². The molecule has 2 N–H and O–H groups in total. The highest BCUT2D eigenvalue weighted by Gasteiger charge is 2.47. The summed E-state index contributed by atoms with van der Waals surface area (Å²) >= 11 is 1.45. The van der Waals surface area contributed by atoms with Gasteiger partial charge in [-0.15, -0.1) is 11.3 Å². The molecule has 2 aliphatic rings. The van der Waals surface area contributed by atoms with Crippen molar-refractivity contribution < 1.29 is 24.5 Å². The zero-order valence-electron chi connectivity index (χ0n) is 13.2. The van der Waals surface area contributed by atoms with E-state index >= 15 is 0 Å². The van der Waals surface area contributed by atoms with Crippen LogP contribution in [-0.4, -0.2) is 65.7 Å². The highest BCUT2D eigenvalue weighted by molar-refractivity contribution is 7.13. The maximum Gasteiger partial charge on any atom is 0.348 e. The Bertz CT molecular complexity index is 552. The molecule has 3 heterocycles. The van der Waals surface area contributed by atoms with Crippen LogP contribution in [-0.2, 0) is 16.0 Å². The van der Waals surface area contributed by atoms with Gasteiger partial charge in [-0.25, -0.2) is 4.79 Å². The smallest absolute Gasteiger partial charge is 0.348 e. The number of thiophene rings is 1. The summed E-state index contributed by atoms with van der Waals surface area (Å²) in [5.74, 6) is -0.299. The first-order valence-electron chi connectivity index (χ1n) is 7.93. The van der Waals surface area contributed by atoms with Crippen LogP contribution in [0.15, 0.2) is 12.1 Å². The van der Waals surface area contributed by atoms with E-state index in [1.807, 2.05) is 6.07 Å². The molecule has 0 radical (unpaired) electrons. The molecule has 2 saturated heterocycles. The number of rotatable bonds is 3. The lowest BCUT2D eigenvalue weighted by atomic mass is 9.80. The molecule has 7 heteroatoms. The number of hydrogen-bond donors (Lipinski definition) is 2. The first kappa shape index (κ1) is 16.9. The van der Waals surface area contributed by atoms with Crippen LogP contribution in [0.5, 0.6) is 0 Å².